The van der Waals surface area contributed by atoms with E-state index < -0.39 is 8.07 Å². The van der Waals surface area contributed by atoms with Crippen LogP contribution < -0.4 is 14.8 Å². The number of carbonyl (C=O) groups is 2. The molecule has 2 aliphatic carbocycles. The molecule has 2 fully saturated rings. The van der Waals surface area contributed by atoms with Crippen molar-refractivity contribution in [3.63, 3.8) is 0 Å². The zero-order valence-electron chi connectivity index (χ0n) is 21.8. The minimum atomic E-state index is -1.23. The first kappa shape index (κ1) is 25.4. The summed E-state index contributed by atoms with van der Waals surface area (Å²) in [5, 5.41) is 3.74. The molecule has 0 radical (unpaired) electrons. The number of nitrogens with one attached hydrogen (secondary N) is 1. The van der Waals surface area contributed by atoms with E-state index in [1.54, 1.807) is 19.4 Å². The van der Waals surface area contributed by atoms with Crippen LogP contribution in [-0.2, 0) is 21.1 Å². The molecule has 9 nitrogen and oxygen atoms in total. The van der Waals surface area contributed by atoms with Gasteiger partial charge in [-0.2, -0.15) is 0 Å². The number of methoxy groups -OCH3 is 1. The van der Waals surface area contributed by atoms with Crippen molar-refractivity contribution in [2.24, 2.45) is 11.8 Å². The Morgan fingerprint density at radius 3 is 2.73 bits per heavy atom. The Kier molecular flexibility index (Phi) is 7.04. The first-order chi connectivity index (χ1) is 17.8. The quantitative estimate of drug-likeness (QED) is 0.208. The van der Waals surface area contributed by atoms with E-state index >= 15 is 0 Å². The molecule has 2 unspecified atom stereocenters. The molecular formula is C27H34N4O5Si. The predicted molar refractivity (Wildman–Crippen MR) is 144 cm³/mol. The molecule has 2 aliphatic rings. The van der Waals surface area contributed by atoms with Crippen molar-refractivity contribution in [1.29, 1.82) is 0 Å². The fourth-order valence-electron chi connectivity index (χ4n) is 4.25. The Hall–Kier alpha value is -3.24. The van der Waals surface area contributed by atoms with Crippen LogP contribution in [0.5, 0.6) is 11.6 Å². The normalized spacial score (nSPS) is 19.0. The van der Waals surface area contributed by atoms with E-state index in [1.807, 2.05) is 22.9 Å². The summed E-state index contributed by atoms with van der Waals surface area (Å²) in [5.74, 6) is 0.991. The van der Waals surface area contributed by atoms with Crippen molar-refractivity contribution in [2.75, 3.05) is 19.0 Å². The van der Waals surface area contributed by atoms with E-state index in [4.69, 9.17) is 19.2 Å². The fraction of sp³-hybridized carbons (Fsp3) is 0.481. The highest BCUT2D eigenvalue weighted by Gasteiger charge is 2.43. The minimum Gasteiger partial charge on any atom is -0.490 e. The smallest absolute Gasteiger partial charge is 0.229 e. The standard InChI is InChI=1S/C27H34N4O5Si/c1-34-27-24(22(9-10-28-27)36-18-5-6-18)21-14-31(16-35-11-12-37(2,3)4)25-19(21)7-8-23(29-25)30-26(33)20-13-17(20)15-32/h7-10,14-15,17-18,20H,5-6,11-13,16H2,1-4H3,(H,29,30,33). The van der Waals surface area contributed by atoms with E-state index in [1.165, 1.54) is 0 Å². The fourth-order valence-corrected chi connectivity index (χ4v) is 5.01. The molecule has 3 heterocycles. The summed E-state index contributed by atoms with van der Waals surface area (Å²) in [7, 11) is 0.368. The third kappa shape index (κ3) is 5.85. The van der Waals surface area contributed by atoms with Crippen LogP contribution in [0.25, 0.3) is 22.2 Å². The van der Waals surface area contributed by atoms with Gasteiger partial charge in [0.05, 0.1) is 18.8 Å². The average Bonchev–Trinajstić information content (AvgIpc) is 3.79. The largest absolute Gasteiger partial charge is 0.490 e. The van der Waals surface area contributed by atoms with E-state index in [9.17, 15) is 9.59 Å². The zero-order valence-corrected chi connectivity index (χ0v) is 22.8. The lowest BCUT2D eigenvalue weighted by molar-refractivity contribution is -0.119. The summed E-state index contributed by atoms with van der Waals surface area (Å²) < 4.78 is 19.9. The van der Waals surface area contributed by atoms with Crippen molar-refractivity contribution in [3.8, 4) is 22.8 Å². The molecule has 3 aromatic rings. The van der Waals surface area contributed by atoms with Gasteiger partial charge in [0.15, 0.2) is 0 Å². The number of hydrogen-bond acceptors (Lipinski definition) is 7. The van der Waals surface area contributed by atoms with Gasteiger partial charge in [0.1, 0.15) is 30.2 Å². The van der Waals surface area contributed by atoms with Crippen LogP contribution in [0.4, 0.5) is 5.82 Å². The van der Waals surface area contributed by atoms with Crippen LogP contribution in [-0.4, -0.2) is 54.6 Å². The summed E-state index contributed by atoms with van der Waals surface area (Å²) in [5.41, 5.74) is 2.32. The predicted octanol–water partition coefficient (Wildman–Crippen LogP) is 4.73. The molecule has 37 heavy (non-hydrogen) atoms. The summed E-state index contributed by atoms with van der Waals surface area (Å²) in [4.78, 5) is 32.8. The van der Waals surface area contributed by atoms with E-state index in [2.05, 4.69) is 29.9 Å². The molecule has 196 valence electrons. The molecule has 1 N–H and O–H groups in total. The first-order valence-corrected chi connectivity index (χ1v) is 16.5. The van der Waals surface area contributed by atoms with Crippen LogP contribution >= 0.6 is 0 Å². The zero-order chi connectivity index (χ0) is 26.2. The van der Waals surface area contributed by atoms with Crippen LogP contribution in [0.1, 0.15) is 19.3 Å². The van der Waals surface area contributed by atoms with E-state index in [0.29, 0.717) is 37.1 Å². The van der Waals surface area contributed by atoms with E-state index in [0.717, 1.165) is 47.4 Å². The maximum absolute atomic E-state index is 12.6. The monoisotopic (exact) mass is 522 g/mol. The van der Waals surface area contributed by atoms with Gasteiger partial charge in [0.25, 0.3) is 0 Å². The second-order valence-corrected chi connectivity index (χ2v) is 16.7. The van der Waals surface area contributed by atoms with Gasteiger partial charge >= 0.3 is 0 Å². The van der Waals surface area contributed by atoms with Crippen LogP contribution in [0.3, 0.4) is 0 Å². The summed E-state index contributed by atoms with van der Waals surface area (Å²) in [6.07, 6.45) is 7.39. The molecule has 0 bridgehead atoms. The number of anilines is 1. The van der Waals surface area contributed by atoms with Crippen LogP contribution in [0.15, 0.2) is 30.6 Å². The average molecular weight is 523 g/mol. The number of nitrogens with zero attached hydrogens (tertiary/aromatic N) is 3. The van der Waals surface area contributed by atoms with Crippen LogP contribution in [0, 0.1) is 11.8 Å². The Morgan fingerprint density at radius 2 is 2.05 bits per heavy atom. The van der Waals surface area contributed by atoms with Crippen molar-refractivity contribution >= 4 is 37.1 Å². The second-order valence-electron chi connectivity index (χ2n) is 11.1. The highest BCUT2D eigenvalue weighted by atomic mass is 28.3. The van der Waals surface area contributed by atoms with Gasteiger partial charge in [-0.15, -0.1) is 0 Å². The molecule has 0 saturated heterocycles. The third-order valence-corrected chi connectivity index (χ3v) is 8.41. The SMILES string of the molecule is COc1nccc(OC2CC2)c1-c1cn(COCC[Si](C)(C)C)c2nc(NC(=O)C3CC3C=O)ccc12. The third-order valence-electron chi connectivity index (χ3n) is 6.71. The Morgan fingerprint density at radius 1 is 1.24 bits per heavy atom. The number of ether oxygens (including phenoxy) is 3. The van der Waals surface area contributed by atoms with Crippen molar-refractivity contribution < 1.29 is 23.8 Å². The van der Waals surface area contributed by atoms with Crippen molar-refractivity contribution in [2.45, 2.75) is 57.8 Å². The summed E-state index contributed by atoms with van der Waals surface area (Å²) >= 11 is 0. The number of pyridine rings is 2. The molecule has 0 aliphatic heterocycles. The van der Waals surface area contributed by atoms with Gasteiger partial charge in [0, 0.05) is 49.9 Å². The Bertz CT molecular complexity index is 1310. The Balaban J connectivity index is 1.51. The highest BCUT2D eigenvalue weighted by Crippen LogP contribution is 2.43. The van der Waals surface area contributed by atoms with Crippen molar-refractivity contribution in [3.05, 3.63) is 30.6 Å². The summed E-state index contributed by atoms with van der Waals surface area (Å²) in [6.45, 7) is 7.95. The lowest BCUT2D eigenvalue weighted by Crippen LogP contribution is -2.22. The van der Waals surface area contributed by atoms with Gasteiger partial charge in [-0.25, -0.2) is 9.97 Å². The number of amides is 1. The minimum absolute atomic E-state index is 0.178. The number of hydrogen-bond donors (Lipinski definition) is 1. The lowest BCUT2D eigenvalue weighted by Gasteiger charge is -2.15. The van der Waals surface area contributed by atoms with E-state index in [-0.39, 0.29) is 23.8 Å². The van der Waals surface area contributed by atoms with Gasteiger partial charge in [-0.1, -0.05) is 19.6 Å². The molecule has 2 atom stereocenters. The molecule has 0 spiro atoms. The number of rotatable bonds is 12. The van der Waals surface area contributed by atoms with Crippen LogP contribution in [0.2, 0.25) is 25.7 Å². The van der Waals surface area contributed by atoms with Crippen molar-refractivity contribution in [1.82, 2.24) is 14.5 Å². The maximum atomic E-state index is 12.6. The number of carbonyl (C=O) groups excluding carboxylic acids is 2. The maximum Gasteiger partial charge on any atom is 0.229 e. The molecule has 0 aromatic carbocycles. The Labute approximate surface area is 217 Å². The molecule has 2 saturated carbocycles. The molecule has 3 aromatic heterocycles. The van der Waals surface area contributed by atoms with Gasteiger partial charge in [0.2, 0.25) is 11.8 Å². The van der Waals surface area contributed by atoms with Gasteiger partial charge in [-0.3, -0.25) is 4.79 Å². The summed E-state index contributed by atoms with van der Waals surface area (Å²) in [6, 6.07) is 6.64. The lowest BCUT2D eigenvalue weighted by atomic mass is 10.1. The first-order valence-electron chi connectivity index (χ1n) is 12.8. The topological polar surface area (TPSA) is 105 Å². The molecule has 5 rings (SSSR count). The number of fused-ring (bicyclic) bond motifs is 1. The van der Waals surface area contributed by atoms with Gasteiger partial charge in [-0.05, 0) is 43.5 Å². The number of aromatic nitrogens is 3. The number of aldehydes is 1. The highest BCUT2D eigenvalue weighted by molar-refractivity contribution is 6.76. The molecule has 10 heteroatoms. The molecular weight excluding hydrogens is 488 g/mol. The second kappa shape index (κ2) is 10.3. The van der Waals surface area contributed by atoms with Gasteiger partial charge < -0.3 is 28.9 Å². The molecule has 1 amide bonds.